The van der Waals surface area contributed by atoms with E-state index in [1.54, 1.807) is 0 Å². The summed E-state index contributed by atoms with van der Waals surface area (Å²) in [5.41, 5.74) is 6.62. The van der Waals surface area contributed by atoms with Gasteiger partial charge in [-0.2, -0.15) is 0 Å². The molecule has 0 saturated carbocycles. The lowest BCUT2D eigenvalue weighted by Crippen LogP contribution is -2.05. The van der Waals surface area contributed by atoms with Crippen LogP contribution in [0.5, 0.6) is 5.75 Å². The van der Waals surface area contributed by atoms with E-state index in [0.29, 0.717) is 0 Å². The van der Waals surface area contributed by atoms with Gasteiger partial charge in [0.1, 0.15) is 5.75 Å². The first-order valence-electron chi connectivity index (χ1n) is 5.82. The van der Waals surface area contributed by atoms with Gasteiger partial charge >= 0.3 is 0 Å². The van der Waals surface area contributed by atoms with Crippen molar-refractivity contribution in [3.63, 3.8) is 0 Å². The van der Waals surface area contributed by atoms with Crippen molar-refractivity contribution >= 4 is 17.4 Å². The van der Waals surface area contributed by atoms with E-state index in [1.807, 2.05) is 37.7 Å². The molecule has 1 rings (SSSR count). The lowest BCUT2D eigenvalue weighted by Gasteiger charge is -2.12. The maximum absolute atomic E-state index is 5.85. The quantitative estimate of drug-likeness (QED) is 0.464. The first-order chi connectivity index (χ1) is 7.61. The van der Waals surface area contributed by atoms with Gasteiger partial charge in [-0.05, 0) is 38.2 Å². The van der Waals surface area contributed by atoms with Gasteiger partial charge in [0, 0.05) is 16.6 Å². The lowest BCUT2D eigenvalue weighted by molar-refractivity contribution is 0.242. The first kappa shape index (κ1) is 13.2. The van der Waals surface area contributed by atoms with E-state index in [1.165, 1.54) is 17.7 Å². The summed E-state index contributed by atoms with van der Waals surface area (Å²) in [5.74, 6) is 2.01. The Kier molecular flexibility index (Phi) is 5.53. The average molecular weight is 239 g/mol. The molecule has 90 valence electrons. The van der Waals surface area contributed by atoms with E-state index in [-0.39, 0.29) is 6.10 Å². The van der Waals surface area contributed by atoms with Crippen LogP contribution < -0.4 is 10.5 Å². The standard InChI is InChI=1S/C13H21NOS/c1-4-5-6-16-13-8-11(14)7-12(9-13)15-10(2)3/h7-10H,4-6,14H2,1-3H3. The van der Waals surface area contributed by atoms with Crippen LogP contribution in [0.2, 0.25) is 0 Å². The minimum absolute atomic E-state index is 0.190. The average Bonchev–Trinajstić information content (AvgIpc) is 2.16. The molecule has 1 aromatic carbocycles. The van der Waals surface area contributed by atoms with Crippen LogP contribution in [0.3, 0.4) is 0 Å². The van der Waals surface area contributed by atoms with Gasteiger partial charge in [0.25, 0.3) is 0 Å². The molecule has 3 heteroatoms. The molecule has 0 aliphatic carbocycles. The van der Waals surface area contributed by atoms with E-state index in [4.69, 9.17) is 10.5 Å². The van der Waals surface area contributed by atoms with Crippen molar-refractivity contribution in [2.45, 2.75) is 44.6 Å². The molecule has 0 bridgehead atoms. The van der Waals surface area contributed by atoms with Gasteiger partial charge in [-0.1, -0.05) is 13.3 Å². The Morgan fingerprint density at radius 2 is 2.06 bits per heavy atom. The Morgan fingerprint density at radius 3 is 2.69 bits per heavy atom. The van der Waals surface area contributed by atoms with E-state index >= 15 is 0 Å². The summed E-state index contributed by atoms with van der Waals surface area (Å²) in [6, 6.07) is 5.95. The van der Waals surface area contributed by atoms with Crippen molar-refractivity contribution in [2.75, 3.05) is 11.5 Å². The topological polar surface area (TPSA) is 35.2 Å². The number of nitrogens with two attached hydrogens (primary N) is 1. The van der Waals surface area contributed by atoms with Crippen LogP contribution in [0.1, 0.15) is 33.6 Å². The number of anilines is 1. The zero-order valence-electron chi connectivity index (χ0n) is 10.3. The molecule has 0 saturated heterocycles. The minimum atomic E-state index is 0.190. The van der Waals surface area contributed by atoms with Crippen molar-refractivity contribution in [1.29, 1.82) is 0 Å². The maximum atomic E-state index is 5.85. The maximum Gasteiger partial charge on any atom is 0.122 e. The van der Waals surface area contributed by atoms with Crippen LogP contribution in [0.4, 0.5) is 5.69 Å². The predicted octanol–water partition coefficient (Wildman–Crippen LogP) is 3.95. The van der Waals surface area contributed by atoms with Gasteiger partial charge in [0.2, 0.25) is 0 Å². The number of hydrogen-bond acceptors (Lipinski definition) is 3. The van der Waals surface area contributed by atoms with Gasteiger partial charge in [0.15, 0.2) is 0 Å². The Hall–Kier alpha value is -0.830. The molecule has 0 fully saturated rings. The summed E-state index contributed by atoms with van der Waals surface area (Å²) in [6.45, 7) is 6.24. The number of thioether (sulfide) groups is 1. The second-order valence-electron chi connectivity index (χ2n) is 4.11. The molecule has 2 N–H and O–H groups in total. The van der Waals surface area contributed by atoms with Crippen molar-refractivity contribution < 1.29 is 4.74 Å². The van der Waals surface area contributed by atoms with Crippen molar-refractivity contribution in [3.05, 3.63) is 18.2 Å². The largest absolute Gasteiger partial charge is 0.491 e. The molecule has 0 radical (unpaired) electrons. The SMILES string of the molecule is CCCCSc1cc(N)cc(OC(C)C)c1. The summed E-state index contributed by atoms with van der Waals surface area (Å²) in [6.07, 6.45) is 2.65. The van der Waals surface area contributed by atoms with Gasteiger partial charge in [-0.3, -0.25) is 0 Å². The van der Waals surface area contributed by atoms with Gasteiger partial charge in [-0.15, -0.1) is 11.8 Å². The highest BCUT2D eigenvalue weighted by atomic mass is 32.2. The summed E-state index contributed by atoms with van der Waals surface area (Å²) >= 11 is 1.84. The van der Waals surface area contributed by atoms with Crippen molar-refractivity contribution in [3.8, 4) is 5.75 Å². The van der Waals surface area contributed by atoms with Gasteiger partial charge in [-0.25, -0.2) is 0 Å². The second kappa shape index (κ2) is 6.69. The molecule has 2 nitrogen and oxygen atoms in total. The Morgan fingerprint density at radius 1 is 1.31 bits per heavy atom. The van der Waals surface area contributed by atoms with Gasteiger partial charge in [0.05, 0.1) is 6.10 Å². The van der Waals surface area contributed by atoms with E-state index < -0.39 is 0 Å². The summed E-state index contributed by atoms with van der Waals surface area (Å²) in [7, 11) is 0. The fraction of sp³-hybridized carbons (Fsp3) is 0.538. The summed E-state index contributed by atoms with van der Waals surface area (Å²) in [5, 5.41) is 0. The Labute approximate surface area is 103 Å². The van der Waals surface area contributed by atoms with E-state index in [2.05, 4.69) is 13.0 Å². The number of ether oxygens (including phenoxy) is 1. The predicted molar refractivity (Wildman–Crippen MR) is 72.3 cm³/mol. The fourth-order valence-electron chi connectivity index (χ4n) is 1.35. The van der Waals surface area contributed by atoms with Crippen LogP contribution in [-0.4, -0.2) is 11.9 Å². The molecule has 1 aromatic rings. The fourth-order valence-corrected chi connectivity index (χ4v) is 2.44. The zero-order valence-corrected chi connectivity index (χ0v) is 11.1. The molecule has 0 aliphatic heterocycles. The molecule has 0 heterocycles. The van der Waals surface area contributed by atoms with Crippen molar-refractivity contribution in [2.24, 2.45) is 0 Å². The molecular formula is C13H21NOS. The molecule has 0 atom stereocenters. The molecule has 0 aliphatic rings. The number of nitrogen functional groups attached to an aromatic ring is 1. The summed E-state index contributed by atoms with van der Waals surface area (Å²) < 4.78 is 5.65. The van der Waals surface area contributed by atoms with Gasteiger partial charge < -0.3 is 10.5 Å². The van der Waals surface area contributed by atoms with Crippen LogP contribution in [0.15, 0.2) is 23.1 Å². The highest BCUT2D eigenvalue weighted by molar-refractivity contribution is 7.99. The second-order valence-corrected chi connectivity index (χ2v) is 5.27. The Bertz CT molecular complexity index is 326. The normalized spacial score (nSPS) is 10.8. The highest BCUT2D eigenvalue weighted by Crippen LogP contribution is 2.27. The van der Waals surface area contributed by atoms with Crippen LogP contribution in [0.25, 0.3) is 0 Å². The molecular weight excluding hydrogens is 218 g/mol. The number of hydrogen-bond donors (Lipinski definition) is 1. The van der Waals surface area contributed by atoms with Crippen LogP contribution >= 0.6 is 11.8 Å². The molecule has 0 aromatic heterocycles. The monoisotopic (exact) mass is 239 g/mol. The third-order valence-corrected chi connectivity index (χ3v) is 3.10. The van der Waals surface area contributed by atoms with Crippen LogP contribution in [-0.2, 0) is 0 Å². The number of rotatable bonds is 6. The lowest BCUT2D eigenvalue weighted by atomic mass is 10.3. The third-order valence-electron chi connectivity index (χ3n) is 2.04. The number of unbranched alkanes of at least 4 members (excludes halogenated alkanes) is 1. The molecule has 0 spiro atoms. The number of benzene rings is 1. The highest BCUT2D eigenvalue weighted by Gasteiger charge is 2.02. The molecule has 0 amide bonds. The molecule has 0 unspecified atom stereocenters. The third kappa shape index (κ3) is 4.79. The first-order valence-corrected chi connectivity index (χ1v) is 6.80. The smallest absolute Gasteiger partial charge is 0.122 e. The van der Waals surface area contributed by atoms with E-state index in [9.17, 15) is 0 Å². The van der Waals surface area contributed by atoms with Crippen LogP contribution in [0, 0.1) is 0 Å². The van der Waals surface area contributed by atoms with Crippen molar-refractivity contribution in [1.82, 2.24) is 0 Å². The molecule has 16 heavy (non-hydrogen) atoms. The zero-order chi connectivity index (χ0) is 12.0. The summed E-state index contributed by atoms with van der Waals surface area (Å²) in [4.78, 5) is 1.20. The van der Waals surface area contributed by atoms with E-state index in [0.717, 1.165) is 17.2 Å². The minimum Gasteiger partial charge on any atom is -0.491 e. The Balaban J connectivity index is 2.65.